The molecule has 0 aromatic heterocycles. The number of hydrogen-bond donors (Lipinski definition) is 3. The van der Waals surface area contributed by atoms with Crippen molar-refractivity contribution in [2.45, 2.75) is 77.8 Å². The maximum absolute atomic E-state index is 11.6. The first kappa shape index (κ1) is 21.0. The second-order valence-corrected chi connectivity index (χ2v) is 7.98. The highest BCUT2D eigenvalue weighted by molar-refractivity contribution is 5.80. The van der Waals surface area contributed by atoms with Crippen LogP contribution in [0.1, 0.15) is 65.7 Å². The van der Waals surface area contributed by atoms with Crippen molar-refractivity contribution in [1.82, 2.24) is 20.9 Å². The van der Waals surface area contributed by atoms with Gasteiger partial charge in [0.25, 0.3) is 0 Å². The fourth-order valence-electron chi connectivity index (χ4n) is 3.97. The van der Waals surface area contributed by atoms with Crippen molar-refractivity contribution in [1.29, 1.82) is 0 Å². The molecule has 2 rings (SSSR count). The van der Waals surface area contributed by atoms with Crippen molar-refractivity contribution < 1.29 is 4.79 Å². The summed E-state index contributed by atoms with van der Waals surface area (Å²) < 4.78 is 0. The molecule has 0 radical (unpaired) electrons. The van der Waals surface area contributed by atoms with Crippen LogP contribution in [0.4, 0.5) is 0 Å². The lowest BCUT2D eigenvalue weighted by molar-refractivity contribution is -0.123. The molecule has 0 spiro atoms. The number of hydrogen-bond acceptors (Lipinski definition) is 3. The van der Waals surface area contributed by atoms with Gasteiger partial charge in [0.05, 0.1) is 6.54 Å². The molecule has 1 amide bonds. The predicted molar refractivity (Wildman–Crippen MR) is 108 cm³/mol. The van der Waals surface area contributed by atoms with Gasteiger partial charge in [0.2, 0.25) is 5.91 Å². The first-order valence-electron chi connectivity index (χ1n) is 10.7. The van der Waals surface area contributed by atoms with E-state index < -0.39 is 0 Å². The van der Waals surface area contributed by atoms with Gasteiger partial charge in [-0.15, -0.1) is 0 Å². The Morgan fingerprint density at radius 1 is 1.12 bits per heavy atom. The van der Waals surface area contributed by atoms with Gasteiger partial charge in [-0.1, -0.05) is 33.1 Å². The van der Waals surface area contributed by atoms with E-state index in [-0.39, 0.29) is 11.8 Å². The predicted octanol–water partition coefficient (Wildman–Crippen LogP) is 2.11. The second-order valence-electron chi connectivity index (χ2n) is 7.98. The molecule has 1 aliphatic carbocycles. The molecule has 150 valence electrons. The fourth-order valence-corrected chi connectivity index (χ4v) is 3.97. The Balaban J connectivity index is 1.79. The number of guanidine groups is 1. The van der Waals surface area contributed by atoms with Crippen LogP contribution in [0.15, 0.2) is 4.99 Å². The van der Waals surface area contributed by atoms with Crippen molar-refractivity contribution in [2.75, 3.05) is 32.7 Å². The van der Waals surface area contributed by atoms with E-state index in [4.69, 9.17) is 0 Å². The minimum atomic E-state index is 0.0263. The molecule has 1 unspecified atom stereocenters. The molecule has 2 aliphatic rings. The summed E-state index contributed by atoms with van der Waals surface area (Å²) >= 11 is 0. The molecule has 0 aromatic carbocycles. The number of carbonyl (C=O) groups is 1. The summed E-state index contributed by atoms with van der Waals surface area (Å²) in [6.07, 6.45) is 9.41. The summed E-state index contributed by atoms with van der Waals surface area (Å²) in [7, 11) is 0. The highest BCUT2D eigenvalue weighted by atomic mass is 16.1. The second kappa shape index (κ2) is 11.4. The number of amides is 1. The van der Waals surface area contributed by atoms with E-state index in [1.165, 1.54) is 51.5 Å². The minimum absolute atomic E-state index is 0.0263. The average Bonchev–Trinajstić information content (AvgIpc) is 2.66. The number of likely N-dealkylation sites (tertiary alicyclic amines) is 1. The number of carbonyl (C=O) groups excluding carboxylic acids is 1. The molecule has 3 N–H and O–H groups in total. The number of aliphatic imine (C=N–C) groups is 1. The molecule has 6 heteroatoms. The first-order valence-corrected chi connectivity index (χ1v) is 10.7. The molecular formula is C20H39N5O. The summed E-state index contributed by atoms with van der Waals surface area (Å²) in [6, 6.07) is 1.26. The zero-order chi connectivity index (χ0) is 18.8. The number of rotatable bonds is 7. The van der Waals surface area contributed by atoms with Crippen LogP contribution in [0, 0.1) is 5.92 Å². The van der Waals surface area contributed by atoms with Crippen LogP contribution in [0.5, 0.6) is 0 Å². The molecule has 1 heterocycles. The van der Waals surface area contributed by atoms with Gasteiger partial charge in [-0.3, -0.25) is 14.7 Å². The van der Waals surface area contributed by atoms with Crippen LogP contribution in [0.25, 0.3) is 0 Å². The van der Waals surface area contributed by atoms with E-state index in [0.717, 1.165) is 25.1 Å². The fraction of sp³-hybridized carbons (Fsp3) is 0.900. The van der Waals surface area contributed by atoms with Gasteiger partial charge in [-0.2, -0.15) is 0 Å². The molecule has 1 aliphatic heterocycles. The van der Waals surface area contributed by atoms with Gasteiger partial charge in [-0.05, 0) is 39.2 Å². The lowest BCUT2D eigenvalue weighted by Gasteiger charge is -2.40. The van der Waals surface area contributed by atoms with Gasteiger partial charge < -0.3 is 16.0 Å². The summed E-state index contributed by atoms with van der Waals surface area (Å²) in [5, 5.41) is 9.89. The first-order chi connectivity index (χ1) is 12.6. The normalized spacial score (nSPS) is 23.1. The summed E-state index contributed by atoms with van der Waals surface area (Å²) in [5.74, 6) is 0.994. The van der Waals surface area contributed by atoms with Gasteiger partial charge >= 0.3 is 0 Å². The van der Waals surface area contributed by atoms with Crippen molar-refractivity contribution in [3.05, 3.63) is 0 Å². The lowest BCUT2D eigenvalue weighted by Crippen LogP contribution is -2.53. The third-order valence-electron chi connectivity index (χ3n) is 5.43. The molecular weight excluding hydrogens is 326 g/mol. The van der Waals surface area contributed by atoms with E-state index in [9.17, 15) is 4.79 Å². The Hall–Kier alpha value is -1.30. The third kappa shape index (κ3) is 7.14. The molecule has 1 saturated carbocycles. The van der Waals surface area contributed by atoms with E-state index in [2.05, 4.69) is 32.8 Å². The number of nitrogens with one attached hydrogen (secondary N) is 3. The largest absolute Gasteiger partial charge is 0.357 e. The zero-order valence-electron chi connectivity index (χ0n) is 17.0. The molecule has 1 saturated heterocycles. The number of nitrogens with zero attached hydrogens (tertiary/aromatic N) is 2. The molecule has 0 aromatic rings. The Morgan fingerprint density at radius 2 is 1.88 bits per heavy atom. The smallest absolute Gasteiger partial charge is 0.222 e. The molecule has 0 bridgehead atoms. The van der Waals surface area contributed by atoms with E-state index in [1.54, 1.807) is 0 Å². The van der Waals surface area contributed by atoms with Crippen LogP contribution in [-0.2, 0) is 4.79 Å². The van der Waals surface area contributed by atoms with Gasteiger partial charge in [0.1, 0.15) is 0 Å². The van der Waals surface area contributed by atoms with Crippen molar-refractivity contribution in [2.24, 2.45) is 10.9 Å². The van der Waals surface area contributed by atoms with Gasteiger partial charge in [-0.25, -0.2) is 0 Å². The molecule has 1 atom stereocenters. The quantitative estimate of drug-likeness (QED) is 0.367. The Kier molecular flexibility index (Phi) is 9.23. The number of piperidine rings is 1. The Bertz CT molecular complexity index is 445. The van der Waals surface area contributed by atoms with Gasteiger partial charge in [0.15, 0.2) is 5.96 Å². The van der Waals surface area contributed by atoms with Crippen LogP contribution >= 0.6 is 0 Å². The summed E-state index contributed by atoms with van der Waals surface area (Å²) in [6.45, 7) is 10.3. The lowest BCUT2D eigenvalue weighted by atomic mass is 9.92. The zero-order valence-corrected chi connectivity index (χ0v) is 17.0. The Labute approximate surface area is 159 Å². The average molecular weight is 366 g/mol. The topological polar surface area (TPSA) is 68.8 Å². The summed E-state index contributed by atoms with van der Waals surface area (Å²) in [4.78, 5) is 19.0. The highest BCUT2D eigenvalue weighted by Crippen LogP contribution is 2.25. The van der Waals surface area contributed by atoms with Crippen LogP contribution < -0.4 is 16.0 Å². The van der Waals surface area contributed by atoms with E-state index >= 15 is 0 Å². The SMILES string of the molecule is CCNC(=NCCNC(=O)C(C)C)NC1CCCN(C2CCCCC2)C1. The molecule has 2 fully saturated rings. The molecule has 6 nitrogen and oxygen atoms in total. The minimum Gasteiger partial charge on any atom is -0.357 e. The maximum Gasteiger partial charge on any atom is 0.222 e. The summed E-state index contributed by atoms with van der Waals surface area (Å²) in [5.41, 5.74) is 0. The van der Waals surface area contributed by atoms with E-state index in [0.29, 0.717) is 19.1 Å². The van der Waals surface area contributed by atoms with Crippen molar-refractivity contribution in [3.8, 4) is 0 Å². The Morgan fingerprint density at radius 3 is 2.58 bits per heavy atom. The van der Waals surface area contributed by atoms with E-state index in [1.807, 2.05) is 13.8 Å². The van der Waals surface area contributed by atoms with Crippen LogP contribution in [0.3, 0.4) is 0 Å². The van der Waals surface area contributed by atoms with Crippen molar-refractivity contribution >= 4 is 11.9 Å². The highest BCUT2D eigenvalue weighted by Gasteiger charge is 2.27. The monoisotopic (exact) mass is 365 g/mol. The molecule has 26 heavy (non-hydrogen) atoms. The third-order valence-corrected chi connectivity index (χ3v) is 5.43. The van der Waals surface area contributed by atoms with Crippen LogP contribution in [0.2, 0.25) is 0 Å². The maximum atomic E-state index is 11.6. The standard InChI is InChI=1S/C20H39N5O/c1-4-21-20(23-13-12-22-19(26)16(2)3)24-17-9-8-14-25(15-17)18-10-6-5-7-11-18/h16-18H,4-15H2,1-3H3,(H,22,26)(H2,21,23,24). The van der Waals surface area contributed by atoms with Crippen LogP contribution in [-0.4, -0.2) is 61.6 Å². The van der Waals surface area contributed by atoms with Gasteiger partial charge in [0, 0.05) is 37.6 Å². The van der Waals surface area contributed by atoms with Crippen molar-refractivity contribution in [3.63, 3.8) is 0 Å².